The first-order valence-corrected chi connectivity index (χ1v) is 3.62. The van der Waals surface area contributed by atoms with Gasteiger partial charge in [0.2, 0.25) is 0 Å². The minimum Gasteiger partial charge on any atom is -0.478 e. The van der Waals surface area contributed by atoms with Gasteiger partial charge < -0.3 is 9.84 Å². The molecule has 1 radical (unpaired) electrons. The van der Waals surface area contributed by atoms with Gasteiger partial charge in [0.25, 0.3) is 0 Å². The van der Waals surface area contributed by atoms with Gasteiger partial charge in [-0.1, -0.05) is 12.1 Å². The van der Waals surface area contributed by atoms with Gasteiger partial charge >= 0.3 is 11.9 Å². The Hall–Kier alpha value is -1.10. The number of benzene rings is 1. The number of carboxylic acid groups (broad SMARTS) is 1. The van der Waals surface area contributed by atoms with Gasteiger partial charge in [-0.15, -0.1) is 0 Å². The van der Waals surface area contributed by atoms with E-state index in [2.05, 4.69) is 4.74 Å². The van der Waals surface area contributed by atoms with Gasteiger partial charge in [0.05, 0.1) is 0 Å². The van der Waals surface area contributed by atoms with Gasteiger partial charge in [-0.25, -0.2) is 4.79 Å². The Morgan fingerprint density at radius 1 is 1.29 bits per heavy atom. The number of hydrogen-bond donors (Lipinski definition) is 1. The molecule has 0 aliphatic heterocycles. The molecule has 4 nitrogen and oxygen atoms in total. The summed E-state index contributed by atoms with van der Waals surface area (Å²) in [7, 11) is 0. The number of rotatable bonds is 2. The van der Waals surface area contributed by atoms with Crippen molar-refractivity contribution in [3.05, 3.63) is 29.8 Å². The van der Waals surface area contributed by atoms with E-state index in [0.29, 0.717) is 0 Å². The van der Waals surface area contributed by atoms with Crippen LogP contribution in [0.15, 0.2) is 24.3 Å². The summed E-state index contributed by atoms with van der Waals surface area (Å²) in [4.78, 5) is 21.2. The van der Waals surface area contributed by atoms with Crippen LogP contribution in [0.2, 0.25) is 0 Å². The van der Waals surface area contributed by atoms with Crippen molar-refractivity contribution in [1.82, 2.24) is 0 Å². The topological polar surface area (TPSA) is 63.6 Å². The van der Waals surface area contributed by atoms with Crippen LogP contribution in [-0.4, -0.2) is 17.0 Å². The van der Waals surface area contributed by atoms with Crippen LogP contribution in [0.4, 0.5) is 0 Å². The molecule has 0 saturated heterocycles. The van der Waals surface area contributed by atoms with Crippen molar-refractivity contribution < 1.29 is 41.8 Å². The number of para-hydroxylation sites is 1. The number of esters is 1. The van der Waals surface area contributed by atoms with E-state index in [1.807, 2.05) is 0 Å². The molecule has 14 heavy (non-hydrogen) atoms. The molecule has 0 heterocycles. The summed E-state index contributed by atoms with van der Waals surface area (Å²) < 4.78 is 4.69. The summed E-state index contributed by atoms with van der Waals surface area (Å²) in [6, 6.07) is 5.98. The summed E-state index contributed by atoms with van der Waals surface area (Å²) in [5.74, 6) is -1.58. The summed E-state index contributed by atoms with van der Waals surface area (Å²) in [6.07, 6.45) is 0. The van der Waals surface area contributed by atoms with Gasteiger partial charge in [0.15, 0.2) is 0 Å². The van der Waals surface area contributed by atoms with Crippen molar-refractivity contribution in [2.75, 3.05) is 0 Å². The molecular formula is C9H8AgO4. The molecular weight excluding hydrogens is 280 g/mol. The van der Waals surface area contributed by atoms with E-state index in [4.69, 9.17) is 5.11 Å². The number of carboxylic acids is 1. The zero-order valence-electron chi connectivity index (χ0n) is 7.28. The summed E-state index contributed by atoms with van der Waals surface area (Å²) in [5, 5.41) is 8.69. The van der Waals surface area contributed by atoms with Crippen molar-refractivity contribution in [3.8, 4) is 5.75 Å². The van der Waals surface area contributed by atoms with E-state index in [1.54, 1.807) is 12.1 Å². The fraction of sp³-hybridized carbons (Fsp3) is 0.111. The molecule has 0 bridgehead atoms. The summed E-state index contributed by atoms with van der Waals surface area (Å²) in [5.41, 5.74) is -0.0160. The van der Waals surface area contributed by atoms with Crippen LogP contribution in [0.3, 0.4) is 0 Å². The van der Waals surface area contributed by atoms with Crippen LogP contribution in [0, 0.1) is 0 Å². The van der Waals surface area contributed by atoms with Crippen molar-refractivity contribution in [2.24, 2.45) is 0 Å². The number of aromatic carboxylic acids is 1. The van der Waals surface area contributed by atoms with Crippen LogP contribution in [0.1, 0.15) is 17.3 Å². The number of hydrogen-bond acceptors (Lipinski definition) is 3. The number of carbonyl (C=O) groups excluding carboxylic acids is 1. The first-order valence-electron chi connectivity index (χ1n) is 3.62. The second-order valence-corrected chi connectivity index (χ2v) is 2.39. The van der Waals surface area contributed by atoms with Crippen LogP contribution in [0.5, 0.6) is 5.75 Å². The Bertz CT molecular complexity index is 348. The quantitative estimate of drug-likeness (QED) is 0.506. The van der Waals surface area contributed by atoms with Crippen molar-refractivity contribution in [3.63, 3.8) is 0 Å². The van der Waals surface area contributed by atoms with E-state index < -0.39 is 11.9 Å². The standard InChI is InChI=1S/C9H8O4.Ag/c1-6(10)13-8-5-3-2-4-7(8)9(11)12;/h2-5H,1H3,(H,11,12);. The first-order chi connectivity index (χ1) is 6.11. The average Bonchev–Trinajstić information content (AvgIpc) is 2.03. The van der Waals surface area contributed by atoms with E-state index >= 15 is 0 Å². The maximum absolute atomic E-state index is 10.6. The maximum Gasteiger partial charge on any atom is 0.339 e. The monoisotopic (exact) mass is 287 g/mol. The molecule has 5 heteroatoms. The van der Waals surface area contributed by atoms with Gasteiger partial charge in [0, 0.05) is 29.3 Å². The second-order valence-electron chi connectivity index (χ2n) is 2.39. The van der Waals surface area contributed by atoms with Gasteiger partial charge in [0.1, 0.15) is 11.3 Å². The maximum atomic E-state index is 10.6. The predicted octanol–water partition coefficient (Wildman–Crippen LogP) is 1.31. The molecule has 0 amide bonds. The van der Waals surface area contributed by atoms with Crippen LogP contribution >= 0.6 is 0 Å². The molecule has 1 rings (SSSR count). The molecule has 0 aromatic heterocycles. The van der Waals surface area contributed by atoms with E-state index in [-0.39, 0.29) is 33.7 Å². The van der Waals surface area contributed by atoms with Crippen LogP contribution in [-0.2, 0) is 27.2 Å². The molecule has 1 aromatic rings. The number of ether oxygens (including phenoxy) is 1. The van der Waals surface area contributed by atoms with Gasteiger partial charge in [-0.2, -0.15) is 0 Å². The summed E-state index contributed by atoms with van der Waals surface area (Å²) >= 11 is 0. The molecule has 0 unspecified atom stereocenters. The molecule has 1 aromatic carbocycles. The Balaban J connectivity index is 0.00000169. The summed E-state index contributed by atoms with van der Waals surface area (Å²) in [6.45, 7) is 1.22. The van der Waals surface area contributed by atoms with Crippen LogP contribution in [0.25, 0.3) is 0 Å². The molecule has 0 atom stereocenters. The zero-order valence-corrected chi connectivity index (χ0v) is 8.77. The molecule has 0 saturated carbocycles. The smallest absolute Gasteiger partial charge is 0.339 e. The molecule has 1 N–H and O–H groups in total. The fourth-order valence-corrected chi connectivity index (χ4v) is 0.887. The molecule has 79 valence electrons. The van der Waals surface area contributed by atoms with Crippen molar-refractivity contribution >= 4 is 11.9 Å². The molecule has 0 aliphatic carbocycles. The predicted molar refractivity (Wildman–Crippen MR) is 44.7 cm³/mol. The fourth-order valence-electron chi connectivity index (χ4n) is 0.887. The third kappa shape index (κ3) is 3.33. The Morgan fingerprint density at radius 3 is 2.36 bits per heavy atom. The largest absolute Gasteiger partial charge is 0.478 e. The third-order valence-corrected chi connectivity index (χ3v) is 1.37. The third-order valence-electron chi connectivity index (χ3n) is 1.37. The Kier molecular flexibility index (Phi) is 5.15. The zero-order chi connectivity index (χ0) is 9.84. The minimum atomic E-state index is -1.11. The minimum absolute atomic E-state index is 0. The molecule has 0 spiro atoms. The van der Waals surface area contributed by atoms with Gasteiger partial charge in [-0.3, -0.25) is 4.79 Å². The van der Waals surface area contributed by atoms with E-state index in [1.165, 1.54) is 19.1 Å². The van der Waals surface area contributed by atoms with E-state index in [9.17, 15) is 9.59 Å². The first kappa shape index (κ1) is 12.9. The second kappa shape index (κ2) is 5.59. The molecule has 0 aliphatic rings. The van der Waals surface area contributed by atoms with Gasteiger partial charge in [-0.05, 0) is 12.1 Å². The molecule has 0 fully saturated rings. The number of carbonyl (C=O) groups is 2. The Morgan fingerprint density at radius 2 is 1.86 bits per heavy atom. The normalized spacial score (nSPS) is 8.64. The van der Waals surface area contributed by atoms with Crippen molar-refractivity contribution in [1.29, 1.82) is 0 Å². The van der Waals surface area contributed by atoms with Crippen molar-refractivity contribution in [2.45, 2.75) is 6.92 Å². The average molecular weight is 288 g/mol. The van der Waals surface area contributed by atoms with E-state index in [0.717, 1.165) is 0 Å². The van der Waals surface area contributed by atoms with Crippen LogP contribution < -0.4 is 4.74 Å². The Labute approximate surface area is 96.4 Å². The SMILES string of the molecule is CC(=O)Oc1ccccc1C(=O)O.[Ag].